The maximum Gasteiger partial charge on any atom is 0.338 e. The van der Waals surface area contributed by atoms with Gasteiger partial charge in [0, 0.05) is 10.6 Å². The summed E-state index contributed by atoms with van der Waals surface area (Å²) in [5, 5.41) is 13.6. The Morgan fingerprint density at radius 3 is 1.98 bits per heavy atom. The van der Waals surface area contributed by atoms with E-state index in [1.54, 1.807) is 42.5 Å². The number of carboxylic acids is 1. The van der Waals surface area contributed by atoms with E-state index >= 15 is 0 Å². The summed E-state index contributed by atoms with van der Waals surface area (Å²) in [6.45, 7) is 0. The van der Waals surface area contributed by atoms with E-state index in [0.29, 0.717) is 26.9 Å². The molecule has 0 saturated carbocycles. The van der Waals surface area contributed by atoms with Crippen molar-refractivity contribution in [3.63, 3.8) is 0 Å². The van der Waals surface area contributed by atoms with Crippen LogP contribution in [0.3, 0.4) is 0 Å². The smallest absolute Gasteiger partial charge is 0.338 e. The summed E-state index contributed by atoms with van der Waals surface area (Å²) in [5.74, 6) is -2.74. The van der Waals surface area contributed by atoms with Gasteiger partial charge in [0.15, 0.2) is 0 Å². The summed E-state index contributed by atoms with van der Waals surface area (Å²) < 4.78 is 0. The third kappa shape index (κ3) is 7.07. The van der Waals surface area contributed by atoms with E-state index in [4.69, 9.17) is 69.6 Å². The second-order valence-corrected chi connectivity index (χ2v) is 11.8. The lowest BCUT2D eigenvalue weighted by Gasteiger charge is -2.18. The number of hydrogen-bond donors (Lipinski definition) is 3. The molecule has 0 aliphatic rings. The fraction of sp³-hybridized carbons (Fsp3) is 0.0357. The molecule has 2 amide bonds. The number of anilines is 2. The van der Waals surface area contributed by atoms with Crippen molar-refractivity contribution in [1.82, 2.24) is 0 Å². The molecule has 1 atom stereocenters. The highest BCUT2D eigenvalue weighted by molar-refractivity contribution is 8.00. The number of hydrogen-bond acceptors (Lipinski definition) is 4. The van der Waals surface area contributed by atoms with Crippen LogP contribution in [0.5, 0.6) is 0 Å². The molecule has 4 aromatic rings. The molecule has 4 aromatic carbocycles. The average molecular weight is 689 g/mol. The van der Waals surface area contributed by atoms with Crippen LogP contribution in [0.25, 0.3) is 0 Å². The van der Waals surface area contributed by atoms with Crippen LogP contribution in [0.15, 0.2) is 77.7 Å². The normalized spacial score (nSPS) is 11.6. The molecule has 0 aliphatic heterocycles. The van der Waals surface area contributed by atoms with Crippen molar-refractivity contribution < 1.29 is 19.5 Å². The number of carbonyl (C=O) groups excluding carboxylic acids is 2. The van der Waals surface area contributed by atoms with E-state index in [1.165, 1.54) is 11.8 Å². The molecular formula is C28H16Cl6N2O4S. The van der Waals surface area contributed by atoms with Crippen molar-refractivity contribution in [2.24, 2.45) is 0 Å². The van der Waals surface area contributed by atoms with Crippen molar-refractivity contribution in [3.8, 4) is 0 Å². The summed E-state index contributed by atoms with van der Waals surface area (Å²) in [4.78, 5) is 39.1. The molecule has 0 bridgehead atoms. The molecule has 0 spiro atoms. The van der Waals surface area contributed by atoms with E-state index in [1.807, 2.05) is 30.3 Å². The minimum atomic E-state index is -1.51. The van der Waals surface area contributed by atoms with Gasteiger partial charge >= 0.3 is 5.97 Å². The van der Waals surface area contributed by atoms with Crippen LogP contribution in [0.2, 0.25) is 30.1 Å². The molecule has 41 heavy (non-hydrogen) atoms. The Labute approximate surface area is 268 Å². The van der Waals surface area contributed by atoms with E-state index in [-0.39, 0.29) is 26.0 Å². The number of thioether (sulfide) groups is 1. The SMILES string of the molecule is O=C(O)c1c(Cl)c(Cl)c(Cl)c(Cl)c1C(=O)Nc1cccc(SC(C(=O)Nc2cccc(Cl)c2Cl)c2ccccc2)c1. The molecule has 6 nitrogen and oxygen atoms in total. The van der Waals surface area contributed by atoms with E-state index in [0.717, 1.165) is 0 Å². The highest BCUT2D eigenvalue weighted by atomic mass is 35.5. The monoisotopic (exact) mass is 686 g/mol. The molecule has 0 saturated heterocycles. The maximum atomic E-state index is 13.4. The molecule has 0 aliphatic carbocycles. The molecule has 0 heterocycles. The van der Waals surface area contributed by atoms with Crippen LogP contribution in [-0.2, 0) is 4.79 Å². The van der Waals surface area contributed by atoms with Gasteiger partial charge in [0.25, 0.3) is 5.91 Å². The minimum Gasteiger partial charge on any atom is -0.478 e. The standard InChI is InChI=1S/C28H16Cl6N2O4S/c29-16-10-5-11-17(20(16)30)36-27(38)25(13-6-2-1-3-7-13)41-15-9-4-8-14(12-15)35-26(37)18-19(28(39)40)22(32)24(34)23(33)21(18)31/h1-12,25H,(H,35,37)(H,36,38)(H,39,40). The van der Waals surface area contributed by atoms with Gasteiger partial charge in [-0.05, 0) is 35.9 Å². The first kappa shape index (κ1) is 31.3. The summed E-state index contributed by atoms with van der Waals surface area (Å²) in [6.07, 6.45) is 0. The zero-order valence-corrected chi connectivity index (χ0v) is 25.7. The molecular weight excluding hydrogens is 673 g/mol. The third-order valence-corrected chi connectivity index (χ3v) is 9.47. The van der Waals surface area contributed by atoms with Gasteiger partial charge in [-0.2, -0.15) is 0 Å². The highest BCUT2D eigenvalue weighted by Crippen LogP contribution is 2.42. The number of benzene rings is 4. The number of halogens is 6. The fourth-order valence-electron chi connectivity index (χ4n) is 3.72. The Bertz CT molecular complexity index is 1670. The molecule has 0 radical (unpaired) electrons. The van der Waals surface area contributed by atoms with Gasteiger partial charge in [-0.3, -0.25) is 9.59 Å². The van der Waals surface area contributed by atoms with Gasteiger partial charge in [-0.15, -0.1) is 11.8 Å². The van der Waals surface area contributed by atoms with Gasteiger partial charge in [-0.25, -0.2) is 4.79 Å². The van der Waals surface area contributed by atoms with Crippen LogP contribution in [0.1, 0.15) is 31.5 Å². The predicted octanol–water partition coefficient (Wildman–Crippen LogP) is 10.0. The number of carboxylic acid groups (broad SMARTS) is 1. The molecule has 3 N–H and O–H groups in total. The Morgan fingerprint density at radius 1 is 0.683 bits per heavy atom. The Morgan fingerprint density at radius 2 is 1.32 bits per heavy atom. The molecule has 13 heteroatoms. The minimum absolute atomic E-state index is 0.214. The zero-order valence-electron chi connectivity index (χ0n) is 20.4. The van der Waals surface area contributed by atoms with Gasteiger partial charge < -0.3 is 15.7 Å². The highest BCUT2D eigenvalue weighted by Gasteiger charge is 2.29. The Balaban J connectivity index is 1.63. The predicted molar refractivity (Wildman–Crippen MR) is 168 cm³/mol. The number of amides is 2. The molecule has 1 unspecified atom stereocenters. The van der Waals surface area contributed by atoms with Crippen LogP contribution >= 0.6 is 81.4 Å². The number of nitrogens with one attached hydrogen (secondary N) is 2. The summed E-state index contributed by atoms with van der Waals surface area (Å²) in [7, 11) is 0. The van der Waals surface area contributed by atoms with Crippen LogP contribution in [0, 0.1) is 0 Å². The second-order valence-electron chi connectivity index (χ2n) is 8.29. The lowest BCUT2D eigenvalue weighted by atomic mass is 10.1. The largest absolute Gasteiger partial charge is 0.478 e. The number of rotatable bonds is 8. The lowest BCUT2D eigenvalue weighted by molar-refractivity contribution is -0.115. The van der Waals surface area contributed by atoms with Crippen molar-refractivity contribution in [3.05, 3.63) is 120 Å². The van der Waals surface area contributed by atoms with Gasteiger partial charge in [-0.1, -0.05) is 112 Å². The summed E-state index contributed by atoms with van der Waals surface area (Å²) in [6, 6.07) is 20.6. The topological polar surface area (TPSA) is 95.5 Å². The lowest BCUT2D eigenvalue weighted by Crippen LogP contribution is -2.19. The summed E-state index contributed by atoms with van der Waals surface area (Å²) >= 11 is 37.9. The van der Waals surface area contributed by atoms with Gasteiger partial charge in [0.05, 0.1) is 47.0 Å². The van der Waals surface area contributed by atoms with Crippen molar-refractivity contribution in [1.29, 1.82) is 0 Å². The number of aromatic carboxylic acids is 1. The van der Waals surface area contributed by atoms with Crippen LogP contribution in [-0.4, -0.2) is 22.9 Å². The second kappa shape index (κ2) is 13.6. The van der Waals surface area contributed by atoms with Crippen LogP contribution in [0.4, 0.5) is 11.4 Å². The van der Waals surface area contributed by atoms with Gasteiger partial charge in [0.1, 0.15) is 5.25 Å². The molecule has 4 rings (SSSR count). The van der Waals surface area contributed by atoms with E-state index in [9.17, 15) is 19.5 Å². The fourth-order valence-corrected chi connectivity index (χ4v) is 6.17. The Hall–Kier alpha value is -2.62. The van der Waals surface area contributed by atoms with Crippen LogP contribution < -0.4 is 10.6 Å². The average Bonchev–Trinajstić information content (AvgIpc) is 2.95. The zero-order chi connectivity index (χ0) is 29.8. The van der Waals surface area contributed by atoms with E-state index < -0.39 is 33.3 Å². The molecule has 0 aromatic heterocycles. The maximum absolute atomic E-state index is 13.4. The number of carbonyl (C=O) groups is 3. The first-order valence-electron chi connectivity index (χ1n) is 11.5. The van der Waals surface area contributed by atoms with Crippen molar-refractivity contribution in [2.45, 2.75) is 10.1 Å². The third-order valence-electron chi connectivity index (χ3n) is 5.60. The van der Waals surface area contributed by atoms with Gasteiger partial charge in [0.2, 0.25) is 5.91 Å². The van der Waals surface area contributed by atoms with E-state index in [2.05, 4.69) is 10.6 Å². The first-order valence-corrected chi connectivity index (χ1v) is 14.6. The first-order chi connectivity index (χ1) is 19.5. The van der Waals surface area contributed by atoms with Crippen molar-refractivity contribution in [2.75, 3.05) is 10.6 Å². The van der Waals surface area contributed by atoms with Crippen molar-refractivity contribution >= 4 is 111 Å². The molecule has 0 fully saturated rings. The quantitative estimate of drug-likeness (QED) is 0.0973. The summed E-state index contributed by atoms with van der Waals surface area (Å²) in [5.41, 5.74) is 0.329. The Kier molecular flexibility index (Phi) is 10.4. The molecule has 210 valence electrons.